The Hall–Kier alpha value is -4.83. The van der Waals surface area contributed by atoms with E-state index < -0.39 is 6.04 Å². The molecule has 10 heteroatoms. The first-order valence-corrected chi connectivity index (χ1v) is 13.7. The van der Waals surface area contributed by atoms with Gasteiger partial charge in [0.05, 0.1) is 28.4 Å². The molecule has 1 aliphatic rings. The molecule has 1 unspecified atom stereocenters. The minimum atomic E-state index is -0.408. The molecule has 1 aliphatic heterocycles. The summed E-state index contributed by atoms with van der Waals surface area (Å²) >= 11 is 1.20. The predicted octanol–water partition coefficient (Wildman–Crippen LogP) is 5.13. The van der Waals surface area contributed by atoms with Gasteiger partial charge in [-0.2, -0.15) is 0 Å². The molecular weight excluding hydrogens is 526 g/mol. The van der Waals surface area contributed by atoms with Gasteiger partial charge in [0.1, 0.15) is 10.9 Å². The van der Waals surface area contributed by atoms with E-state index in [1.165, 1.54) is 11.8 Å². The molecule has 1 atom stereocenters. The fraction of sp³-hybridized carbons (Fsp3) is 0.133. The van der Waals surface area contributed by atoms with Crippen LogP contribution in [0.15, 0.2) is 96.2 Å². The SMILES string of the molecule is O=C(CSc1ncccc1C(=O)NC(Cc1ccccc1)c1nc2ccccc2[nH]1)Nc1ccc2c(c1)OCO2. The van der Waals surface area contributed by atoms with Crippen LogP contribution in [0.4, 0.5) is 5.69 Å². The standard InChI is InChI=1S/C30H25N5O4S/c36-27(32-20-12-13-25-26(16-20)39-18-38-25)17-40-30-21(9-6-14-31-30)29(37)35-24(15-19-7-2-1-3-8-19)28-33-22-10-4-5-11-23(22)34-28/h1-14,16,24H,15,17-18H2,(H,32,36)(H,33,34)(H,35,37). The number of hydrogen-bond acceptors (Lipinski definition) is 7. The van der Waals surface area contributed by atoms with Crippen LogP contribution in [0.3, 0.4) is 0 Å². The van der Waals surface area contributed by atoms with Gasteiger partial charge in [0.15, 0.2) is 11.5 Å². The third kappa shape index (κ3) is 5.76. The second-order valence-corrected chi connectivity index (χ2v) is 10.1. The van der Waals surface area contributed by atoms with Gasteiger partial charge in [-0.3, -0.25) is 9.59 Å². The number of benzene rings is 3. The topological polar surface area (TPSA) is 118 Å². The maximum Gasteiger partial charge on any atom is 0.254 e. The van der Waals surface area contributed by atoms with Crippen molar-refractivity contribution in [2.24, 2.45) is 0 Å². The first-order valence-electron chi connectivity index (χ1n) is 12.7. The van der Waals surface area contributed by atoms with Crippen LogP contribution in [-0.4, -0.2) is 39.3 Å². The average molecular weight is 552 g/mol. The highest BCUT2D eigenvalue weighted by Crippen LogP contribution is 2.34. The monoisotopic (exact) mass is 551 g/mol. The molecule has 0 radical (unpaired) electrons. The van der Waals surface area contributed by atoms with Gasteiger partial charge in [0.2, 0.25) is 12.7 Å². The minimum absolute atomic E-state index is 0.0722. The number of para-hydroxylation sites is 2. The Kier molecular flexibility index (Phi) is 7.32. The number of aromatic amines is 1. The molecule has 200 valence electrons. The van der Waals surface area contributed by atoms with Crippen molar-refractivity contribution in [2.45, 2.75) is 17.5 Å². The summed E-state index contributed by atoms with van der Waals surface area (Å²) in [5.74, 6) is 1.44. The fourth-order valence-corrected chi connectivity index (χ4v) is 5.21. The van der Waals surface area contributed by atoms with Crippen LogP contribution >= 0.6 is 11.8 Å². The zero-order valence-corrected chi connectivity index (χ0v) is 22.1. The number of rotatable bonds is 9. The quantitative estimate of drug-likeness (QED) is 0.217. The van der Waals surface area contributed by atoms with Crippen molar-refractivity contribution in [1.82, 2.24) is 20.3 Å². The first kappa shape index (κ1) is 25.4. The van der Waals surface area contributed by atoms with E-state index in [9.17, 15) is 9.59 Å². The van der Waals surface area contributed by atoms with Crippen molar-refractivity contribution < 1.29 is 19.1 Å². The molecule has 3 heterocycles. The van der Waals surface area contributed by atoms with Gasteiger partial charge in [0, 0.05) is 18.0 Å². The first-order chi connectivity index (χ1) is 19.6. The van der Waals surface area contributed by atoms with Crippen LogP contribution in [0.5, 0.6) is 11.5 Å². The van der Waals surface area contributed by atoms with Crippen molar-refractivity contribution in [1.29, 1.82) is 0 Å². The lowest BCUT2D eigenvalue weighted by Gasteiger charge is -2.18. The number of amides is 2. The largest absolute Gasteiger partial charge is 0.454 e. The highest BCUT2D eigenvalue weighted by atomic mass is 32.2. The number of thioether (sulfide) groups is 1. The smallest absolute Gasteiger partial charge is 0.254 e. The Morgan fingerprint density at radius 1 is 0.950 bits per heavy atom. The van der Waals surface area contributed by atoms with Gasteiger partial charge < -0.3 is 25.1 Å². The van der Waals surface area contributed by atoms with Gasteiger partial charge in [-0.25, -0.2) is 9.97 Å². The van der Waals surface area contributed by atoms with E-state index >= 15 is 0 Å². The van der Waals surface area contributed by atoms with Crippen LogP contribution in [0.2, 0.25) is 0 Å². The van der Waals surface area contributed by atoms with Crippen LogP contribution in [0.25, 0.3) is 11.0 Å². The molecule has 0 aliphatic carbocycles. The third-order valence-corrected chi connectivity index (χ3v) is 7.34. The lowest BCUT2D eigenvalue weighted by atomic mass is 10.0. The highest BCUT2D eigenvalue weighted by Gasteiger charge is 2.22. The molecule has 9 nitrogen and oxygen atoms in total. The Balaban J connectivity index is 1.17. The summed E-state index contributed by atoms with van der Waals surface area (Å²) in [4.78, 5) is 38.7. The molecule has 40 heavy (non-hydrogen) atoms. The van der Waals surface area contributed by atoms with Gasteiger partial charge in [-0.05, 0) is 48.4 Å². The third-order valence-electron chi connectivity index (χ3n) is 6.34. The number of nitrogens with one attached hydrogen (secondary N) is 3. The zero-order chi connectivity index (χ0) is 27.3. The number of imidazole rings is 1. The molecule has 0 saturated carbocycles. The second kappa shape index (κ2) is 11.5. The number of carbonyl (C=O) groups is 2. The van der Waals surface area contributed by atoms with Crippen molar-refractivity contribution in [3.63, 3.8) is 0 Å². The maximum absolute atomic E-state index is 13.6. The normalized spacial score (nSPS) is 12.7. The van der Waals surface area contributed by atoms with E-state index in [-0.39, 0.29) is 24.4 Å². The van der Waals surface area contributed by atoms with E-state index in [4.69, 9.17) is 14.5 Å². The predicted molar refractivity (Wildman–Crippen MR) is 153 cm³/mol. The molecule has 0 bridgehead atoms. The van der Waals surface area contributed by atoms with E-state index in [1.807, 2.05) is 54.6 Å². The van der Waals surface area contributed by atoms with Crippen LogP contribution in [-0.2, 0) is 11.2 Å². The number of pyridine rings is 1. The molecule has 0 fully saturated rings. The summed E-state index contributed by atoms with van der Waals surface area (Å²) in [6, 6.07) is 25.9. The van der Waals surface area contributed by atoms with Crippen LogP contribution < -0.4 is 20.1 Å². The Morgan fingerprint density at radius 2 is 1.77 bits per heavy atom. The van der Waals surface area contributed by atoms with E-state index in [1.54, 1.807) is 36.5 Å². The van der Waals surface area contributed by atoms with Gasteiger partial charge >= 0.3 is 0 Å². The van der Waals surface area contributed by atoms with Crippen molar-refractivity contribution in [3.05, 3.63) is 108 Å². The molecule has 2 amide bonds. The molecule has 6 rings (SSSR count). The van der Waals surface area contributed by atoms with E-state index in [2.05, 4.69) is 20.6 Å². The number of anilines is 1. The molecular formula is C30H25N5O4S. The fourth-order valence-electron chi connectivity index (χ4n) is 4.42. The number of fused-ring (bicyclic) bond motifs is 2. The van der Waals surface area contributed by atoms with Gasteiger partial charge in [0.25, 0.3) is 5.91 Å². The molecule has 3 N–H and O–H groups in total. The van der Waals surface area contributed by atoms with Crippen molar-refractivity contribution in [3.8, 4) is 11.5 Å². The van der Waals surface area contributed by atoms with Crippen LogP contribution in [0.1, 0.15) is 27.8 Å². The van der Waals surface area contributed by atoms with Gasteiger partial charge in [-0.1, -0.05) is 54.2 Å². The summed E-state index contributed by atoms with van der Waals surface area (Å²) in [5, 5.41) is 6.45. The zero-order valence-electron chi connectivity index (χ0n) is 21.3. The van der Waals surface area contributed by atoms with E-state index in [0.717, 1.165) is 16.6 Å². The molecule has 0 saturated heterocycles. The summed E-state index contributed by atoms with van der Waals surface area (Å²) in [7, 11) is 0. The number of ether oxygens (including phenoxy) is 2. The Labute approximate surface area is 234 Å². The molecule has 3 aromatic carbocycles. The van der Waals surface area contributed by atoms with Crippen molar-refractivity contribution in [2.75, 3.05) is 17.9 Å². The summed E-state index contributed by atoms with van der Waals surface area (Å²) < 4.78 is 10.7. The summed E-state index contributed by atoms with van der Waals surface area (Å²) in [6.45, 7) is 0.162. The number of hydrogen-bond donors (Lipinski definition) is 3. The summed E-state index contributed by atoms with van der Waals surface area (Å²) in [5.41, 5.74) is 3.78. The second-order valence-electron chi connectivity index (χ2n) is 9.12. The minimum Gasteiger partial charge on any atom is -0.454 e. The lowest BCUT2D eigenvalue weighted by molar-refractivity contribution is -0.113. The number of H-pyrrole nitrogens is 1. The van der Waals surface area contributed by atoms with Gasteiger partial charge in [-0.15, -0.1) is 0 Å². The lowest BCUT2D eigenvalue weighted by Crippen LogP contribution is -2.31. The average Bonchev–Trinajstić information content (AvgIpc) is 3.63. The number of aromatic nitrogens is 3. The number of carbonyl (C=O) groups excluding carboxylic acids is 2. The maximum atomic E-state index is 13.6. The van der Waals surface area contributed by atoms with Crippen molar-refractivity contribution >= 4 is 40.3 Å². The Bertz CT molecular complexity index is 1640. The van der Waals surface area contributed by atoms with E-state index in [0.29, 0.717) is 40.0 Å². The molecule has 5 aromatic rings. The number of nitrogens with zero attached hydrogens (tertiary/aromatic N) is 2. The molecule has 2 aromatic heterocycles. The Morgan fingerprint density at radius 3 is 2.65 bits per heavy atom. The summed E-state index contributed by atoms with van der Waals surface area (Å²) in [6.07, 6.45) is 2.16. The highest BCUT2D eigenvalue weighted by molar-refractivity contribution is 8.00. The molecule has 0 spiro atoms. The van der Waals surface area contributed by atoms with Crippen LogP contribution in [0, 0.1) is 0 Å².